The molecule has 0 radical (unpaired) electrons. The van der Waals surface area contributed by atoms with Gasteiger partial charge in [0.25, 0.3) is 0 Å². The van der Waals surface area contributed by atoms with Gasteiger partial charge in [0.2, 0.25) is 0 Å². The first-order chi connectivity index (χ1) is 9.01. The van der Waals surface area contributed by atoms with Crippen molar-refractivity contribution in [2.45, 2.75) is 38.0 Å². The van der Waals surface area contributed by atoms with Gasteiger partial charge in [-0.3, -0.25) is 0 Å². The molecule has 108 valence electrons. The van der Waals surface area contributed by atoms with Gasteiger partial charge >= 0.3 is 0 Å². The van der Waals surface area contributed by atoms with Crippen LogP contribution in [0.1, 0.15) is 18.2 Å². The fourth-order valence-corrected chi connectivity index (χ4v) is 2.60. The third-order valence-electron chi connectivity index (χ3n) is 2.47. The first-order valence-electron chi connectivity index (χ1n) is 6.38. The predicted octanol–water partition coefficient (Wildman–Crippen LogP) is 2.20. The molecular weight excluding hydrogens is 262 g/mol. The molecule has 0 amide bonds. The summed E-state index contributed by atoms with van der Waals surface area (Å²) in [6.07, 6.45) is -0.490. The summed E-state index contributed by atoms with van der Waals surface area (Å²) in [5, 5.41) is 10.8. The van der Waals surface area contributed by atoms with Gasteiger partial charge in [-0.1, -0.05) is 0 Å². The number of hydrogen-bond acceptors (Lipinski definition) is 5. The van der Waals surface area contributed by atoms with Crippen molar-refractivity contribution in [2.75, 3.05) is 26.1 Å². The number of pyridine rings is 1. The maximum absolute atomic E-state index is 9.85. The highest BCUT2D eigenvalue weighted by Gasteiger charge is 2.09. The minimum absolute atomic E-state index is 0.00369. The molecule has 0 aliphatic rings. The molecule has 2 unspecified atom stereocenters. The highest BCUT2D eigenvalue weighted by molar-refractivity contribution is 7.99. The molecule has 0 fully saturated rings. The Morgan fingerprint density at radius 3 is 2.68 bits per heavy atom. The van der Waals surface area contributed by atoms with Gasteiger partial charge in [0.15, 0.2) is 0 Å². The summed E-state index contributed by atoms with van der Waals surface area (Å²) in [4.78, 5) is 4.42. The number of ether oxygens (including phenoxy) is 2. The molecule has 0 saturated heterocycles. The number of thioether (sulfide) groups is 1. The lowest BCUT2D eigenvalue weighted by Crippen LogP contribution is -2.24. The molecule has 1 aromatic rings. The zero-order chi connectivity index (χ0) is 14.3. The molecule has 0 aromatic carbocycles. The smallest absolute Gasteiger partial charge is 0.0966 e. The molecule has 4 nitrogen and oxygen atoms in total. The summed E-state index contributed by atoms with van der Waals surface area (Å²) in [7, 11) is 1.64. The topological polar surface area (TPSA) is 51.6 Å². The second kappa shape index (κ2) is 8.53. The number of aliphatic hydroxyl groups excluding tert-OH is 1. The molecular formula is C14H23NO3S. The summed E-state index contributed by atoms with van der Waals surface area (Å²) in [5.41, 5.74) is 2.19. The number of aliphatic hydroxyl groups is 1. The molecule has 1 N–H and O–H groups in total. The Balaban J connectivity index is 2.31. The standard InChI is InChI=1S/C14H23NO3S/c1-10-5-11(2)15-14(6-10)19-9-13(16)8-18-12(3)7-17-4/h5-6,12-13,16H,7-9H2,1-4H3. The van der Waals surface area contributed by atoms with Gasteiger partial charge in [0.05, 0.1) is 30.4 Å². The minimum atomic E-state index is -0.494. The van der Waals surface area contributed by atoms with Crippen molar-refractivity contribution < 1.29 is 14.6 Å². The van der Waals surface area contributed by atoms with Crippen molar-refractivity contribution in [2.24, 2.45) is 0 Å². The Hall–Kier alpha value is -0.620. The molecule has 5 heteroatoms. The minimum Gasteiger partial charge on any atom is -0.390 e. The lowest BCUT2D eigenvalue weighted by Gasteiger charge is -2.15. The maximum atomic E-state index is 9.85. The number of aryl methyl sites for hydroxylation is 2. The quantitative estimate of drug-likeness (QED) is 0.742. The van der Waals surface area contributed by atoms with E-state index < -0.39 is 6.10 Å². The van der Waals surface area contributed by atoms with E-state index in [9.17, 15) is 5.11 Å². The summed E-state index contributed by atoms with van der Waals surface area (Å²) in [6, 6.07) is 4.06. The fraction of sp³-hybridized carbons (Fsp3) is 0.643. The molecule has 0 aliphatic carbocycles. The van der Waals surface area contributed by atoms with Crippen LogP contribution >= 0.6 is 11.8 Å². The van der Waals surface area contributed by atoms with Crippen LogP contribution < -0.4 is 0 Å². The average Bonchev–Trinajstić information content (AvgIpc) is 2.33. The SMILES string of the molecule is COCC(C)OCC(O)CSc1cc(C)cc(C)n1. The van der Waals surface area contributed by atoms with Crippen LogP contribution in [0.2, 0.25) is 0 Å². The van der Waals surface area contributed by atoms with Gasteiger partial charge in [0.1, 0.15) is 0 Å². The van der Waals surface area contributed by atoms with Gasteiger partial charge in [-0.05, 0) is 38.5 Å². The average molecular weight is 285 g/mol. The van der Waals surface area contributed by atoms with E-state index in [1.165, 1.54) is 5.56 Å². The first-order valence-corrected chi connectivity index (χ1v) is 7.36. The van der Waals surface area contributed by atoms with E-state index in [1.54, 1.807) is 18.9 Å². The third-order valence-corrected chi connectivity index (χ3v) is 3.53. The summed E-state index contributed by atoms with van der Waals surface area (Å²) < 4.78 is 10.4. The number of rotatable bonds is 8. The molecule has 1 heterocycles. The van der Waals surface area contributed by atoms with Crippen LogP contribution in [-0.4, -0.2) is 48.4 Å². The normalized spacial score (nSPS) is 14.4. The van der Waals surface area contributed by atoms with Crippen molar-refractivity contribution in [3.8, 4) is 0 Å². The summed E-state index contributed by atoms with van der Waals surface area (Å²) >= 11 is 1.55. The largest absolute Gasteiger partial charge is 0.390 e. The highest BCUT2D eigenvalue weighted by atomic mass is 32.2. The van der Waals surface area contributed by atoms with E-state index in [0.29, 0.717) is 19.0 Å². The van der Waals surface area contributed by atoms with E-state index in [0.717, 1.165) is 10.7 Å². The van der Waals surface area contributed by atoms with Crippen LogP contribution in [0.4, 0.5) is 0 Å². The first kappa shape index (κ1) is 16.4. The van der Waals surface area contributed by atoms with E-state index >= 15 is 0 Å². The highest BCUT2D eigenvalue weighted by Crippen LogP contribution is 2.18. The Labute approximate surface area is 119 Å². The Bertz CT molecular complexity index is 367. The lowest BCUT2D eigenvalue weighted by molar-refractivity contribution is -0.0257. The predicted molar refractivity (Wildman–Crippen MR) is 77.7 cm³/mol. The number of nitrogens with zero attached hydrogens (tertiary/aromatic N) is 1. The zero-order valence-corrected chi connectivity index (χ0v) is 12.9. The van der Waals surface area contributed by atoms with Crippen molar-refractivity contribution in [3.05, 3.63) is 23.4 Å². The molecule has 0 spiro atoms. The monoisotopic (exact) mass is 285 g/mol. The van der Waals surface area contributed by atoms with E-state index in [2.05, 4.69) is 4.98 Å². The second-order valence-corrected chi connectivity index (χ2v) is 5.73. The molecule has 1 rings (SSSR count). The number of hydrogen-bond donors (Lipinski definition) is 1. The maximum Gasteiger partial charge on any atom is 0.0966 e. The van der Waals surface area contributed by atoms with Crippen molar-refractivity contribution in [3.63, 3.8) is 0 Å². The Morgan fingerprint density at radius 2 is 2.05 bits per heavy atom. The van der Waals surface area contributed by atoms with Crippen LogP contribution in [0, 0.1) is 13.8 Å². The molecule has 0 aliphatic heterocycles. The van der Waals surface area contributed by atoms with Gasteiger partial charge < -0.3 is 14.6 Å². The van der Waals surface area contributed by atoms with Crippen LogP contribution in [-0.2, 0) is 9.47 Å². The Kier molecular flexibility index (Phi) is 7.38. The fourth-order valence-electron chi connectivity index (χ4n) is 1.67. The van der Waals surface area contributed by atoms with Gasteiger partial charge in [-0.2, -0.15) is 0 Å². The summed E-state index contributed by atoms with van der Waals surface area (Å²) in [5.74, 6) is 0.579. The number of methoxy groups -OCH3 is 1. The van der Waals surface area contributed by atoms with Crippen molar-refractivity contribution in [1.29, 1.82) is 0 Å². The van der Waals surface area contributed by atoms with Crippen LogP contribution in [0.5, 0.6) is 0 Å². The van der Waals surface area contributed by atoms with Crippen LogP contribution in [0.25, 0.3) is 0 Å². The van der Waals surface area contributed by atoms with E-state index in [-0.39, 0.29) is 6.10 Å². The van der Waals surface area contributed by atoms with Gasteiger partial charge in [-0.25, -0.2) is 4.98 Å². The molecule has 0 saturated carbocycles. The summed E-state index contributed by atoms with van der Waals surface area (Å²) in [6.45, 7) is 6.81. The van der Waals surface area contributed by atoms with Gasteiger partial charge in [-0.15, -0.1) is 11.8 Å². The lowest BCUT2D eigenvalue weighted by atomic mass is 10.3. The van der Waals surface area contributed by atoms with Crippen LogP contribution in [0.3, 0.4) is 0 Å². The van der Waals surface area contributed by atoms with Crippen LogP contribution in [0.15, 0.2) is 17.2 Å². The molecule has 2 atom stereocenters. The van der Waals surface area contributed by atoms with Crippen molar-refractivity contribution in [1.82, 2.24) is 4.98 Å². The number of aromatic nitrogens is 1. The third kappa shape index (κ3) is 6.92. The second-order valence-electron chi connectivity index (χ2n) is 4.69. The molecule has 19 heavy (non-hydrogen) atoms. The molecule has 0 bridgehead atoms. The van der Waals surface area contributed by atoms with E-state index in [1.807, 2.05) is 32.9 Å². The van der Waals surface area contributed by atoms with Crippen molar-refractivity contribution >= 4 is 11.8 Å². The van der Waals surface area contributed by atoms with E-state index in [4.69, 9.17) is 9.47 Å². The van der Waals surface area contributed by atoms with Gasteiger partial charge in [0, 0.05) is 18.6 Å². The zero-order valence-electron chi connectivity index (χ0n) is 12.0. The molecule has 1 aromatic heterocycles. The Morgan fingerprint density at radius 1 is 1.32 bits per heavy atom.